The van der Waals surface area contributed by atoms with E-state index in [1.807, 2.05) is 6.92 Å². The van der Waals surface area contributed by atoms with E-state index in [1.54, 1.807) is 24.3 Å². The Labute approximate surface area is 113 Å². The molecule has 1 fully saturated rings. The van der Waals surface area contributed by atoms with Crippen molar-refractivity contribution in [3.63, 3.8) is 0 Å². The number of ether oxygens (including phenoxy) is 1. The summed E-state index contributed by atoms with van der Waals surface area (Å²) < 4.78 is 5.38. The highest BCUT2D eigenvalue weighted by Gasteiger charge is 2.28. The number of carbonyl (C=O) groups is 2. The van der Waals surface area contributed by atoms with Crippen LogP contribution in [0.5, 0.6) is 5.75 Å². The number of hydrogen-bond donors (Lipinski definition) is 1. The van der Waals surface area contributed by atoms with Gasteiger partial charge in [0, 0.05) is 11.6 Å². The zero-order chi connectivity index (χ0) is 13.8. The third kappa shape index (κ3) is 4.09. The van der Waals surface area contributed by atoms with Crippen molar-refractivity contribution < 1.29 is 14.3 Å². The van der Waals surface area contributed by atoms with Gasteiger partial charge in [-0.25, -0.2) is 0 Å². The van der Waals surface area contributed by atoms with Crippen LogP contribution < -0.4 is 10.1 Å². The van der Waals surface area contributed by atoms with Gasteiger partial charge in [0.15, 0.2) is 12.4 Å². The van der Waals surface area contributed by atoms with E-state index in [0.29, 0.717) is 17.2 Å². The van der Waals surface area contributed by atoms with Crippen LogP contribution in [0.1, 0.15) is 37.0 Å². The quantitative estimate of drug-likeness (QED) is 0.799. The first kappa shape index (κ1) is 13.6. The Morgan fingerprint density at radius 3 is 2.47 bits per heavy atom. The highest BCUT2D eigenvalue weighted by atomic mass is 16.5. The summed E-state index contributed by atoms with van der Waals surface area (Å²) in [5.41, 5.74) is 0.638. The fraction of sp³-hybridized carbons (Fsp3) is 0.467. The molecule has 1 atom stereocenters. The van der Waals surface area contributed by atoms with E-state index in [0.717, 1.165) is 0 Å². The molecule has 1 aliphatic carbocycles. The van der Waals surface area contributed by atoms with Gasteiger partial charge in [0.1, 0.15) is 5.75 Å². The molecular weight excluding hydrogens is 242 g/mol. The summed E-state index contributed by atoms with van der Waals surface area (Å²) in [6, 6.07) is 7.03. The number of amides is 1. The van der Waals surface area contributed by atoms with Crippen LogP contribution in [0.2, 0.25) is 0 Å². The van der Waals surface area contributed by atoms with E-state index in [1.165, 1.54) is 19.8 Å². The average Bonchev–Trinajstić information content (AvgIpc) is 3.21. The van der Waals surface area contributed by atoms with Crippen molar-refractivity contribution in [3.05, 3.63) is 29.8 Å². The molecule has 102 valence electrons. The lowest BCUT2D eigenvalue weighted by Crippen LogP contribution is -2.37. The number of hydrogen-bond acceptors (Lipinski definition) is 3. The summed E-state index contributed by atoms with van der Waals surface area (Å²) in [7, 11) is 0. The molecule has 0 aromatic heterocycles. The van der Waals surface area contributed by atoms with Crippen molar-refractivity contribution in [1.82, 2.24) is 5.32 Å². The normalized spacial score (nSPS) is 15.7. The molecule has 0 aliphatic heterocycles. The standard InChI is InChI=1S/C15H19NO3/c1-10(12-3-4-12)16-15(18)9-19-14-7-5-13(6-8-14)11(2)17/h5-8,10,12H,3-4,9H2,1-2H3,(H,16,18). The van der Waals surface area contributed by atoms with Crippen molar-refractivity contribution in [2.24, 2.45) is 5.92 Å². The van der Waals surface area contributed by atoms with Gasteiger partial charge in [0.25, 0.3) is 5.91 Å². The Balaban J connectivity index is 1.77. The SMILES string of the molecule is CC(=O)c1ccc(OCC(=O)NC(C)C2CC2)cc1. The summed E-state index contributed by atoms with van der Waals surface area (Å²) in [6.07, 6.45) is 2.41. The summed E-state index contributed by atoms with van der Waals surface area (Å²) in [6.45, 7) is 3.55. The van der Waals surface area contributed by atoms with Gasteiger partial charge in [-0.2, -0.15) is 0 Å². The minimum atomic E-state index is -0.102. The van der Waals surface area contributed by atoms with Gasteiger partial charge in [0.2, 0.25) is 0 Å². The molecule has 1 aromatic carbocycles. The first-order valence-corrected chi connectivity index (χ1v) is 6.59. The lowest BCUT2D eigenvalue weighted by atomic mass is 10.1. The molecule has 4 heteroatoms. The maximum Gasteiger partial charge on any atom is 0.258 e. The molecule has 0 heterocycles. The zero-order valence-corrected chi connectivity index (χ0v) is 11.3. The minimum Gasteiger partial charge on any atom is -0.484 e. The number of rotatable bonds is 6. The van der Waals surface area contributed by atoms with Crippen LogP contribution in [-0.4, -0.2) is 24.3 Å². The largest absolute Gasteiger partial charge is 0.484 e. The van der Waals surface area contributed by atoms with E-state index in [4.69, 9.17) is 4.74 Å². The molecule has 1 aliphatic rings. The Bertz CT molecular complexity index is 463. The van der Waals surface area contributed by atoms with Gasteiger partial charge in [0.05, 0.1) is 0 Å². The Morgan fingerprint density at radius 2 is 1.95 bits per heavy atom. The number of nitrogens with one attached hydrogen (secondary N) is 1. The third-order valence-electron chi connectivity index (χ3n) is 3.35. The third-order valence-corrected chi connectivity index (χ3v) is 3.35. The van der Waals surface area contributed by atoms with Gasteiger partial charge >= 0.3 is 0 Å². The number of carbonyl (C=O) groups excluding carboxylic acids is 2. The van der Waals surface area contributed by atoms with Crippen LogP contribution in [0.15, 0.2) is 24.3 Å². The van der Waals surface area contributed by atoms with Gasteiger partial charge < -0.3 is 10.1 Å². The predicted octanol–water partition coefficient (Wildman–Crippen LogP) is 2.18. The topological polar surface area (TPSA) is 55.4 Å². The molecule has 0 spiro atoms. The molecule has 1 amide bonds. The second-order valence-electron chi connectivity index (χ2n) is 5.06. The minimum absolute atomic E-state index is 0.0104. The van der Waals surface area contributed by atoms with E-state index in [9.17, 15) is 9.59 Å². The first-order valence-electron chi connectivity index (χ1n) is 6.59. The lowest BCUT2D eigenvalue weighted by molar-refractivity contribution is -0.123. The van der Waals surface area contributed by atoms with Crippen molar-refractivity contribution >= 4 is 11.7 Å². The molecule has 0 saturated heterocycles. The summed E-state index contributed by atoms with van der Waals surface area (Å²) in [4.78, 5) is 22.8. The number of benzene rings is 1. The van der Waals surface area contributed by atoms with Gasteiger partial charge in [-0.3, -0.25) is 9.59 Å². The van der Waals surface area contributed by atoms with Crippen LogP contribution in [0.25, 0.3) is 0 Å². The monoisotopic (exact) mass is 261 g/mol. The second kappa shape index (κ2) is 5.87. The molecule has 1 saturated carbocycles. The molecular formula is C15H19NO3. The highest BCUT2D eigenvalue weighted by molar-refractivity contribution is 5.94. The molecule has 0 radical (unpaired) electrons. The summed E-state index contributed by atoms with van der Waals surface area (Å²) >= 11 is 0. The molecule has 19 heavy (non-hydrogen) atoms. The predicted molar refractivity (Wildman–Crippen MR) is 72.3 cm³/mol. The maximum absolute atomic E-state index is 11.6. The summed E-state index contributed by atoms with van der Waals surface area (Å²) in [5, 5.41) is 2.92. The average molecular weight is 261 g/mol. The highest BCUT2D eigenvalue weighted by Crippen LogP contribution is 2.32. The molecule has 1 aromatic rings. The molecule has 1 unspecified atom stereocenters. The number of ketones is 1. The van der Waals surface area contributed by atoms with Crippen LogP contribution in [0, 0.1) is 5.92 Å². The van der Waals surface area contributed by atoms with Crippen LogP contribution >= 0.6 is 0 Å². The maximum atomic E-state index is 11.6. The zero-order valence-electron chi connectivity index (χ0n) is 11.3. The van der Waals surface area contributed by atoms with E-state index in [-0.39, 0.29) is 24.3 Å². The first-order chi connectivity index (χ1) is 9.06. The van der Waals surface area contributed by atoms with Gasteiger partial charge in [-0.15, -0.1) is 0 Å². The van der Waals surface area contributed by atoms with Crippen LogP contribution in [-0.2, 0) is 4.79 Å². The van der Waals surface area contributed by atoms with Crippen molar-refractivity contribution in [2.45, 2.75) is 32.7 Å². The Hall–Kier alpha value is -1.84. The van der Waals surface area contributed by atoms with E-state index >= 15 is 0 Å². The van der Waals surface area contributed by atoms with Gasteiger partial charge in [-0.05, 0) is 56.9 Å². The fourth-order valence-electron chi connectivity index (χ4n) is 1.94. The summed E-state index contributed by atoms with van der Waals surface area (Å²) in [5.74, 6) is 1.15. The molecule has 0 bridgehead atoms. The van der Waals surface area contributed by atoms with E-state index in [2.05, 4.69) is 5.32 Å². The van der Waals surface area contributed by atoms with Crippen LogP contribution in [0.3, 0.4) is 0 Å². The van der Waals surface area contributed by atoms with Crippen molar-refractivity contribution in [3.8, 4) is 5.75 Å². The van der Waals surface area contributed by atoms with Gasteiger partial charge in [-0.1, -0.05) is 0 Å². The molecule has 4 nitrogen and oxygen atoms in total. The molecule has 2 rings (SSSR count). The lowest BCUT2D eigenvalue weighted by Gasteiger charge is -2.13. The van der Waals surface area contributed by atoms with E-state index < -0.39 is 0 Å². The van der Waals surface area contributed by atoms with Crippen molar-refractivity contribution in [2.75, 3.05) is 6.61 Å². The fourth-order valence-corrected chi connectivity index (χ4v) is 1.94. The Kier molecular flexibility index (Phi) is 4.20. The number of Topliss-reactive ketones (excluding diaryl/α,β-unsaturated/α-hetero) is 1. The van der Waals surface area contributed by atoms with Crippen LogP contribution in [0.4, 0.5) is 0 Å². The molecule has 1 N–H and O–H groups in total. The smallest absolute Gasteiger partial charge is 0.258 e. The second-order valence-corrected chi connectivity index (χ2v) is 5.06. The Morgan fingerprint density at radius 1 is 1.32 bits per heavy atom. The van der Waals surface area contributed by atoms with Crippen molar-refractivity contribution in [1.29, 1.82) is 0 Å².